The van der Waals surface area contributed by atoms with Crippen molar-refractivity contribution >= 4 is 11.8 Å². The number of carbonyl (C=O) groups excluding carboxylic acids is 2. The van der Waals surface area contributed by atoms with E-state index in [2.05, 4.69) is 17.6 Å². The molecule has 0 aliphatic heterocycles. The van der Waals surface area contributed by atoms with Crippen LogP contribution in [-0.4, -0.2) is 37.6 Å². The molecule has 1 aliphatic rings. The lowest BCUT2D eigenvalue weighted by Crippen LogP contribution is -2.48. The van der Waals surface area contributed by atoms with E-state index in [1.807, 2.05) is 32.0 Å². The van der Waals surface area contributed by atoms with E-state index in [1.165, 1.54) is 6.42 Å². The molecule has 2 rings (SSSR count). The lowest BCUT2D eigenvalue weighted by Gasteiger charge is -2.29. The third-order valence-corrected chi connectivity index (χ3v) is 4.94. The zero-order valence-electron chi connectivity index (χ0n) is 16.7. The van der Waals surface area contributed by atoms with Crippen LogP contribution in [0.1, 0.15) is 52.0 Å². The van der Waals surface area contributed by atoms with Gasteiger partial charge in [-0.15, -0.1) is 0 Å². The average Bonchev–Trinajstić information content (AvgIpc) is 2.66. The quantitative estimate of drug-likeness (QED) is 0.684. The lowest BCUT2D eigenvalue weighted by molar-refractivity contribution is -0.139. The average molecular weight is 376 g/mol. The van der Waals surface area contributed by atoms with E-state index in [0.29, 0.717) is 43.6 Å². The van der Waals surface area contributed by atoms with Crippen molar-refractivity contribution in [3.63, 3.8) is 0 Å². The van der Waals surface area contributed by atoms with Crippen molar-refractivity contribution in [1.82, 2.24) is 10.6 Å². The van der Waals surface area contributed by atoms with Gasteiger partial charge in [0.1, 0.15) is 0 Å². The Morgan fingerprint density at radius 2 is 1.74 bits per heavy atom. The Labute approximate surface area is 162 Å². The summed E-state index contributed by atoms with van der Waals surface area (Å²) < 4.78 is 11.2. The summed E-state index contributed by atoms with van der Waals surface area (Å²) in [7, 11) is 0. The van der Waals surface area contributed by atoms with Crippen LogP contribution in [0.2, 0.25) is 0 Å². The Balaban J connectivity index is 1.81. The maximum Gasteiger partial charge on any atom is 0.309 e. The molecule has 6 heteroatoms. The first kappa shape index (κ1) is 21.1. The molecule has 1 aliphatic carbocycles. The van der Waals surface area contributed by atoms with Crippen molar-refractivity contribution < 1.29 is 19.1 Å². The Hall–Kier alpha value is -2.24. The molecule has 2 atom stereocenters. The number of amides is 2. The molecule has 0 bridgehead atoms. The molecule has 6 nitrogen and oxygen atoms in total. The zero-order chi connectivity index (χ0) is 19.6. The van der Waals surface area contributed by atoms with Crippen LogP contribution in [0.3, 0.4) is 0 Å². The van der Waals surface area contributed by atoms with Gasteiger partial charge in [-0.2, -0.15) is 0 Å². The Kier molecular flexibility index (Phi) is 8.43. The maximum absolute atomic E-state index is 12.1. The summed E-state index contributed by atoms with van der Waals surface area (Å²) in [6.07, 6.45) is 4.98. The standard InChI is InChI=1S/C21H32N2O4/c1-4-26-18-11-10-16(14-19(18)27-5-2)12-13-22-20(24)21(25)23-17-9-7-6-8-15(17)3/h10-11,14-15,17H,4-9,12-13H2,1-3H3,(H,22,24)(H,23,25). The molecule has 2 unspecified atom stereocenters. The van der Waals surface area contributed by atoms with Crippen LogP contribution >= 0.6 is 0 Å². The third kappa shape index (κ3) is 6.45. The van der Waals surface area contributed by atoms with Gasteiger partial charge in [-0.3, -0.25) is 9.59 Å². The highest BCUT2D eigenvalue weighted by atomic mass is 16.5. The number of rotatable bonds is 8. The van der Waals surface area contributed by atoms with Crippen molar-refractivity contribution in [3.05, 3.63) is 23.8 Å². The molecule has 0 saturated heterocycles. The van der Waals surface area contributed by atoms with Crippen molar-refractivity contribution in [3.8, 4) is 11.5 Å². The fraction of sp³-hybridized carbons (Fsp3) is 0.619. The van der Waals surface area contributed by atoms with Crippen LogP contribution in [0.15, 0.2) is 18.2 Å². The lowest BCUT2D eigenvalue weighted by atomic mass is 9.86. The van der Waals surface area contributed by atoms with Crippen molar-refractivity contribution in [2.24, 2.45) is 5.92 Å². The molecule has 1 aromatic rings. The normalized spacial score (nSPS) is 19.2. The van der Waals surface area contributed by atoms with Crippen LogP contribution < -0.4 is 20.1 Å². The minimum atomic E-state index is -0.566. The molecule has 2 N–H and O–H groups in total. The van der Waals surface area contributed by atoms with Crippen LogP contribution in [0.4, 0.5) is 0 Å². The van der Waals surface area contributed by atoms with Crippen molar-refractivity contribution in [2.45, 2.75) is 58.9 Å². The van der Waals surface area contributed by atoms with E-state index in [4.69, 9.17) is 9.47 Å². The van der Waals surface area contributed by atoms with Crippen LogP contribution in [0, 0.1) is 5.92 Å². The first-order chi connectivity index (χ1) is 13.0. The second-order valence-electron chi connectivity index (χ2n) is 6.99. The molecule has 150 valence electrons. The molecular weight excluding hydrogens is 344 g/mol. The van der Waals surface area contributed by atoms with Crippen LogP contribution in [-0.2, 0) is 16.0 Å². The van der Waals surface area contributed by atoms with Gasteiger partial charge in [0, 0.05) is 12.6 Å². The Morgan fingerprint density at radius 1 is 1.04 bits per heavy atom. The molecule has 2 amide bonds. The molecule has 27 heavy (non-hydrogen) atoms. The summed E-state index contributed by atoms with van der Waals surface area (Å²) in [5, 5.41) is 5.58. The van der Waals surface area contributed by atoms with E-state index in [0.717, 1.165) is 24.8 Å². The molecule has 1 aromatic carbocycles. The zero-order valence-corrected chi connectivity index (χ0v) is 16.7. The molecule has 0 radical (unpaired) electrons. The van der Waals surface area contributed by atoms with Gasteiger partial charge in [-0.05, 0) is 56.7 Å². The predicted octanol–water partition coefficient (Wildman–Crippen LogP) is 2.84. The highest BCUT2D eigenvalue weighted by Gasteiger charge is 2.25. The number of ether oxygens (including phenoxy) is 2. The van der Waals surface area contributed by atoms with Crippen LogP contribution in [0.25, 0.3) is 0 Å². The fourth-order valence-electron chi connectivity index (χ4n) is 3.42. The van der Waals surface area contributed by atoms with Crippen molar-refractivity contribution in [1.29, 1.82) is 0 Å². The monoisotopic (exact) mass is 376 g/mol. The molecule has 0 spiro atoms. The smallest absolute Gasteiger partial charge is 0.309 e. The van der Waals surface area contributed by atoms with Gasteiger partial charge >= 0.3 is 11.8 Å². The van der Waals surface area contributed by atoms with E-state index < -0.39 is 11.8 Å². The highest BCUT2D eigenvalue weighted by Crippen LogP contribution is 2.28. The van der Waals surface area contributed by atoms with Gasteiger partial charge in [-0.25, -0.2) is 0 Å². The first-order valence-electron chi connectivity index (χ1n) is 10.0. The maximum atomic E-state index is 12.1. The molecular formula is C21H32N2O4. The Morgan fingerprint density at radius 3 is 2.44 bits per heavy atom. The largest absolute Gasteiger partial charge is 0.490 e. The van der Waals surface area contributed by atoms with E-state index in [1.54, 1.807) is 0 Å². The van der Waals surface area contributed by atoms with Gasteiger partial charge in [0.15, 0.2) is 11.5 Å². The summed E-state index contributed by atoms with van der Waals surface area (Å²) in [5.74, 6) is 0.746. The number of benzene rings is 1. The SMILES string of the molecule is CCOc1ccc(CCNC(=O)C(=O)NC2CCCCC2C)cc1OCC. The second kappa shape index (κ2) is 10.8. The topological polar surface area (TPSA) is 76.7 Å². The molecule has 1 saturated carbocycles. The summed E-state index contributed by atoms with van der Waals surface area (Å²) >= 11 is 0. The van der Waals surface area contributed by atoms with Gasteiger partial charge in [0.25, 0.3) is 0 Å². The number of hydrogen-bond acceptors (Lipinski definition) is 4. The minimum absolute atomic E-state index is 0.108. The Bertz CT molecular complexity index is 633. The summed E-state index contributed by atoms with van der Waals surface area (Å²) in [5.41, 5.74) is 1.02. The summed E-state index contributed by atoms with van der Waals surface area (Å²) in [6, 6.07) is 5.85. The predicted molar refractivity (Wildman–Crippen MR) is 105 cm³/mol. The van der Waals surface area contributed by atoms with Crippen LogP contribution in [0.5, 0.6) is 11.5 Å². The number of nitrogens with one attached hydrogen (secondary N) is 2. The molecule has 1 fully saturated rings. The summed E-state index contributed by atoms with van der Waals surface area (Å²) in [6.45, 7) is 7.51. The number of hydrogen-bond donors (Lipinski definition) is 2. The molecule has 0 heterocycles. The fourth-order valence-corrected chi connectivity index (χ4v) is 3.42. The van der Waals surface area contributed by atoms with Gasteiger partial charge in [0.2, 0.25) is 0 Å². The molecule has 0 aromatic heterocycles. The minimum Gasteiger partial charge on any atom is -0.490 e. The van der Waals surface area contributed by atoms with E-state index in [-0.39, 0.29) is 6.04 Å². The summed E-state index contributed by atoms with van der Waals surface area (Å²) in [4.78, 5) is 24.1. The van der Waals surface area contributed by atoms with E-state index >= 15 is 0 Å². The number of carbonyl (C=O) groups is 2. The second-order valence-corrected chi connectivity index (χ2v) is 6.99. The van der Waals surface area contributed by atoms with E-state index in [9.17, 15) is 9.59 Å². The van der Waals surface area contributed by atoms with Crippen molar-refractivity contribution in [2.75, 3.05) is 19.8 Å². The van der Waals surface area contributed by atoms with Gasteiger partial charge in [-0.1, -0.05) is 25.8 Å². The third-order valence-electron chi connectivity index (χ3n) is 4.94. The highest BCUT2D eigenvalue weighted by molar-refractivity contribution is 6.35. The van der Waals surface area contributed by atoms with Gasteiger partial charge < -0.3 is 20.1 Å². The van der Waals surface area contributed by atoms with Gasteiger partial charge in [0.05, 0.1) is 13.2 Å². The first-order valence-corrected chi connectivity index (χ1v) is 10.0.